The molecule has 0 aromatic heterocycles. The summed E-state index contributed by atoms with van der Waals surface area (Å²) in [5, 5.41) is 0. The van der Waals surface area contributed by atoms with Gasteiger partial charge in [0.15, 0.2) is 0 Å². The average Bonchev–Trinajstić information content (AvgIpc) is 2.45. The Labute approximate surface area is 143 Å². The molecular formula is C19H37NO3. The molecule has 1 amide bonds. The van der Waals surface area contributed by atoms with Crippen molar-refractivity contribution in [1.29, 1.82) is 0 Å². The predicted octanol–water partition coefficient (Wildman–Crippen LogP) is 4.71. The Hall–Kier alpha value is -1.06. The normalized spacial score (nSPS) is 12.8. The zero-order chi connectivity index (χ0) is 17.9. The first-order valence-corrected chi connectivity index (χ1v) is 9.24. The van der Waals surface area contributed by atoms with Crippen molar-refractivity contribution in [2.24, 2.45) is 0 Å². The maximum absolute atomic E-state index is 12.6. The van der Waals surface area contributed by atoms with E-state index in [1.807, 2.05) is 20.8 Å². The van der Waals surface area contributed by atoms with Gasteiger partial charge in [0, 0.05) is 12.0 Å². The molecule has 1 atom stereocenters. The third-order valence-electron chi connectivity index (χ3n) is 3.96. The lowest BCUT2D eigenvalue weighted by Gasteiger charge is -2.39. The number of nitrogens with zero attached hydrogens (tertiary/aromatic N) is 1. The molecule has 0 aliphatic heterocycles. The predicted molar refractivity (Wildman–Crippen MR) is 95.3 cm³/mol. The summed E-state index contributed by atoms with van der Waals surface area (Å²) in [5.74, 6) is -0.248. The molecule has 0 radical (unpaired) electrons. The van der Waals surface area contributed by atoms with Crippen LogP contribution in [0.2, 0.25) is 0 Å². The molecule has 0 bridgehead atoms. The lowest BCUT2D eigenvalue weighted by atomic mass is 10.0. The monoisotopic (exact) mass is 327 g/mol. The van der Waals surface area contributed by atoms with Crippen LogP contribution in [-0.4, -0.2) is 35.0 Å². The summed E-state index contributed by atoms with van der Waals surface area (Å²) in [7, 11) is 0. The topological polar surface area (TPSA) is 46.6 Å². The summed E-state index contributed by atoms with van der Waals surface area (Å²) < 4.78 is 5.30. The lowest BCUT2D eigenvalue weighted by Crippen LogP contribution is -2.53. The Morgan fingerprint density at radius 3 is 2.04 bits per heavy atom. The molecule has 0 heterocycles. The largest absolute Gasteiger partial charge is 0.464 e. The number of hydrogen-bond acceptors (Lipinski definition) is 3. The Kier molecular flexibility index (Phi) is 10.9. The van der Waals surface area contributed by atoms with Crippen LogP contribution in [-0.2, 0) is 14.3 Å². The van der Waals surface area contributed by atoms with Crippen molar-refractivity contribution >= 4 is 11.9 Å². The zero-order valence-electron chi connectivity index (χ0n) is 16.1. The van der Waals surface area contributed by atoms with Crippen molar-refractivity contribution in [2.75, 3.05) is 6.61 Å². The van der Waals surface area contributed by atoms with E-state index in [2.05, 4.69) is 13.8 Å². The van der Waals surface area contributed by atoms with Gasteiger partial charge >= 0.3 is 5.97 Å². The smallest absolute Gasteiger partial charge is 0.328 e. The molecule has 0 N–H and O–H groups in total. The van der Waals surface area contributed by atoms with E-state index in [1.165, 1.54) is 19.3 Å². The molecule has 0 aliphatic rings. The summed E-state index contributed by atoms with van der Waals surface area (Å²) in [6.07, 6.45) is 7.91. The fraction of sp³-hybridized carbons (Fsp3) is 0.895. The van der Waals surface area contributed by atoms with E-state index in [0.29, 0.717) is 13.0 Å². The van der Waals surface area contributed by atoms with Gasteiger partial charge in [-0.3, -0.25) is 4.79 Å². The first kappa shape index (κ1) is 21.9. The van der Waals surface area contributed by atoms with E-state index in [4.69, 9.17) is 4.74 Å². The molecule has 0 saturated carbocycles. The number of ether oxygens (including phenoxy) is 1. The number of carbonyl (C=O) groups excluding carboxylic acids is 2. The standard InChI is InChI=1S/C19H37NO3/c1-7-9-11-12-13-14-17(21)20(19(4,5)6)16(3)18(22)23-15-10-8-2/h16H,7-15H2,1-6H3. The molecule has 0 rings (SSSR count). The van der Waals surface area contributed by atoms with Gasteiger partial charge in [0.25, 0.3) is 0 Å². The molecule has 0 spiro atoms. The van der Waals surface area contributed by atoms with Crippen LogP contribution in [0.5, 0.6) is 0 Å². The van der Waals surface area contributed by atoms with Gasteiger partial charge in [-0.05, 0) is 40.5 Å². The third kappa shape index (κ3) is 8.97. The number of hydrogen-bond donors (Lipinski definition) is 0. The maximum atomic E-state index is 12.6. The summed E-state index contributed by atoms with van der Waals surface area (Å²) in [4.78, 5) is 26.5. The van der Waals surface area contributed by atoms with Gasteiger partial charge in [0.2, 0.25) is 5.91 Å². The molecule has 136 valence electrons. The number of esters is 1. The van der Waals surface area contributed by atoms with E-state index in [0.717, 1.165) is 25.7 Å². The van der Waals surface area contributed by atoms with Crippen molar-refractivity contribution in [3.8, 4) is 0 Å². The van der Waals surface area contributed by atoms with Gasteiger partial charge in [-0.15, -0.1) is 0 Å². The minimum absolute atomic E-state index is 0.0499. The lowest BCUT2D eigenvalue weighted by molar-refractivity contribution is -0.158. The minimum atomic E-state index is -0.532. The van der Waals surface area contributed by atoms with Crippen molar-refractivity contribution in [3.63, 3.8) is 0 Å². The van der Waals surface area contributed by atoms with Crippen LogP contribution >= 0.6 is 0 Å². The Morgan fingerprint density at radius 1 is 0.957 bits per heavy atom. The number of unbranched alkanes of at least 4 members (excludes halogenated alkanes) is 5. The Balaban J connectivity index is 4.61. The van der Waals surface area contributed by atoms with Crippen molar-refractivity contribution < 1.29 is 14.3 Å². The number of rotatable bonds is 11. The van der Waals surface area contributed by atoms with Crippen molar-refractivity contribution in [1.82, 2.24) is 4.90 Å². The summed E-state index contributed by atoms with van der Waals surface area (Å²) in [6.45, 7) is 12.4. The molecular weight excluding hydrogens is 290 g/mol. The summed E-state index contributed by atoms with van der Waals surface area (Å²) in [6, 6.07) is -0.532. The quantitative estimate of drug-likeness (QED) is 0.408. The van der Waals surface area contributed by atoms with Crippen molar-refractivity contribution in [2.45, 2.75) is 104 Å². The van der Waals surface area contributed by atoms with Gasteiger partial charge in [0.1, 0.15) is 6.04 Å². The first-order valence-electron chi connectivity index (χ1n) is 9.24. The summed E-state index contributed by atoms with van der Waals surface area (Å²) >= 11 is 0. The van der Waals surface area contributed by atoms with Gasteiger partial charge in [-0.1, -0.05) is 46.0 Å². The van der Waals surface area contributed by atoms with Crippen LogP contribution in [0.15, 0.2) is 0 Å². The molecule has 0 aliphatic carbocycles. The highest BCUT2D eigenvalue weighted by Crippen LogP contribution is 2.21. The fourth-order valence-corrected chi connectivity index (χ4v) is 2.71. The third-order valence-corrected chi connectivity index (χ3v) is 3.96. The second-order valence-electron chi connectivity index (χ2n) is 7.30. The average molecular weight is 328 g/mol. The molecule has 0 aromatic rings. The molecule has 23 heavy (non-hydrogen) atoms. The highest BCUT2D eigenvalue weighted by Gasteiger charge is 2.34. The van der Waals surface area contributed by atoms with Gasteiger partial charge < -0.3 is 9.64 Å². The van der Waals surface area contributed by atoms with Crippen LogP contribution in [0.25, 0.3) is 0 Å². The van der Waals surface area contributed by atoms with E-state index in [9.17, 15) is 9.59 Å². The zero-order valence-corrected chi connectivity index (χ0v) is 16.1. The molecule has 0 saturated heterocycles. The fourth-order valence-electron chi connectivity index (χ4n) is 2.71. The Morgan fingerprint density at radius 2 is 1.52 bits per heavy atom. The van der Waals surface area contributed by atoms with E-state index in [-0.39, 0.29) is 17.4 Å². The van der Waals surface area contributed by atoms with Crippen LogP contribution in [0.3, 0.4) is 0 Å². The van der Waals surface area contributed by atoms with Crippen molar-refractivity contribution in [3.05, 3.63) is 0 Å². The van der Waals surface area contributed by atoms with Crippen LogP contribution < -0.4 is 0 Å². The molecule has 1 unspecified atom stereocenters. The Bertz CT molecular complexity index is 347. The SMILES string of the molecule is CCCCCCCC(=O)N(C(C)C(=O)OCCCC)C(C)(C)C. The molecule has 4 heteroatoms. The van der Waals surface area contributed by atoms with Gasteiger partial charge in [-0.2, -0.15) is 0 Å². The van der Waals surface area contributed by atoms with Gasteiger partial charge in [-0.25, -0.2) is 4.79 Å². The van der Waals surface area contributed by atoms with E-state index >= 15 is 0 Å². The van der Waals surface area contributed by atoms with Crippen LogP contribution in [0.4, 0.5) is 0 Å². The molecule has 4 nitrogen and oxygen atoms in total. The minimum Gasteiger partial charge on any atom is -0.464 e. The molecule has 0 aromatic carbocycles. The molecule has 0 fully saturated rings. The van der Waals surface area contributed by atoms with Crippen LogP contribution in [0.1, 0.15) is 92.9 Å². The van der Waals surface area contributed by atoms with E-state index in [1.54, 1.807) is 11.8 Å². The second kappa shape index (κ2) is 11.5. The van der Waals surface area contributed by atoms with Crippen LogP contribution in [0, 0.1) is 0 Å². The number of carbonyl (C=O) groups is 2. The highest BCUT2D eigenvalue weighted by atomic mass is 16.5. The highest BCUT2D eigenvalue weighted by molar-refractivity contribution is 5.84. The number of amides is 1. The van der Waals surface area contributed by atoms with E-state index < -0.39 is 6.04 Å². The summed E-state index contributed by atoms with van der Waals surface area (Å²) in [5.41, 5.74) is -0.385. The first-order chi connectivity index (χ1) is 10.8. The maximum Gasteiger partial charge on any atom is 0.328 e. The van der Waals surface area contributed by atoms with Gasteiger partial charge in [0.05, 0.1) is 6.61 Å². The second-order valence-corrected chi connectivity index (χ2v) is 7.30.